The molecule has 1 saturated carbocycles. The molecule has 1 aromatic rings. The molecule has 6 heteroatoms. The molecule has 0 spiro atoms. The van der Waals surface area contributed by atoms with Crippen LogP contribution in [0.2, 0.25) is 5.02 Å². The quantitative estimate of drug-likeness (QED) is 0.772. The number of Topliss-reactive ketones (excluding diaryl/α,β-unsaturated/α-hetero) is 1. The Labute approximate surface area is 143 Å². The molecule has 1 aromatic carbocycles. The molecule has 1 fully saturated rings. The van der Waals surface area contributed by atoms with Gasteiger partial charge in [0, 0.05) is 12.2 Å². The van der Waals surface area contributed by atoms with Crippen LogP contribution in [0.4, 0.5) is 0 Å². The maximum Gasteiger partial charge on any atom is 0.176 e. The molecular weight excluding hydrogens is 336 g/mol. The number of benzene rings is 1. The fourth-order valence-corrected chi connectivity index (χ4v) is 4.15. The molecule has 1 aliphatic rings. The van der Waals surface area contributed by atoms with Crippen LogP contribution in [0, 0.1) is 5.92 Å². The molecule has 0 aromatic heterocycles. The maximum atomic E-state index is 12.5. The summed E-state index contributed by atoms with van der Waals surface area (Å²) in [4.78, 5) is 12.6. The van der Waals surface area contributed by atoms with Gasteiger partial charge < -0.3 is 4.74 Å². The largest absolute Gasteiger partial charge is 0.362 e. The predicted octanol–water partition coefficient (Wildman–Crippen LogP) is 3.97. The highest BCUT2D eigenvalue weighted by Crippen LogP contribution is 2.32. The molecule has 1 aliphatic carbocycles. The van der Waals surface area contributed by atoms with Gasteiger partial charge in [-0.2, -0.15) is 0 Å². The molecule has 0 heterocycles. The molecule has 2 rings (SSSR count). The molecule has 128 valence electrons. The van der Waals surface area contributed by atoms with E-state index >= 15 is 0 Å². The van der Waals surface area contributed by atoms with Gasteiger partial charge >= 0.3 is 0 Å². The topological polar surface area (TPSA) is 60.4 Å². The SMILES string of the molecule is CC(C)C(=O)C(OC1CCCC1)c1ccc(S(C)(=O)=O)c(Cl)c1. The summed E-state index contributed by atoms with van der Waals surface area (Å²) in [5, 5.41) is 0.126. The molecule has 23 heavy (non-hydrogen) atoms. The van der Waals surface area contributed by atoms with Crippen molar-refractivity contribution in [3.05, 3.63) is 28.8 Å². The van der Waals surface area contributed by atoms with Gasteiger partial charge in [0.2, 0.25) is 0 Å². The molecule has 0 aliphatic heterocycles. The van der Waals surface area contributed by atoms with Gasteiger partial charge in [-0.05, 0) is 30.5 Å². The van der Waals surface area contributed by atoms with E-state index in [-0.39, 0.29) is 27.7 Å². The average molecular weight is 359 g/mol. The average Bonchev–Trinajstić information content (AvgIpc) is 2.95. The van der Waals surface area contributed by atoms with Crippen molar-refractivity contribution in [3.8, 4) is 0 Å². The minimum atomic E-state index is -3.39. The third kappa shape index (κ3) is 4.55. The molecule has 0 saturated heterocycles. The Morgan fingerprint density at radius 3 is 2.35 bits per heavy atom. The molecule has 4 nitrogen and oxygen atoms in total. The Morgan fingerprint density at radius 1 is 1.26 bits per heavy atom. The van der Waals surface area contributed by atoms with Gasteiger partial charge in [-0.1, -0.05) is 44.4 Å². The summed E-state index contributed by atoms with van der Waals surface area (Å²) in [5.41, 5.74) is 0.619. The van der Waals surface area contributed by atoms with E-state index in [9.17, 15) is 13.2 Å². The van der Waals surface area contributed by atoms with E-state index in [1.807, 2.05) is 13.8 Å². The van der Waals surface area contributed by atoms with E-state index < -0.39 is 15.9 Å². The molecule has 0 amide bonds. The Kier molecular flexibility index (Phi) is 5.87. The van der Waals surface area contributed by atoms with Gasteiger partial charge in [-0.15, -0.1) is 0 Å². The zero-order valence-electron chi connectivity index (χ0n) is 13.7. The second kappa shape index (κ2) is 7.32. The van der Waals surface area contributed by atoms with Crippen LogP contribution in [0.25, 0.3) is 0 Å². The molecule has 1 unspecified atom stereocenters. The number of hydrogen-bond acceptors (Lipinski definition) is 4. The molecule has 0 N–H and O–H groups in total. The lowest BCUT2D eigenvalue weighted by atomic mass is 9.97. The molecule has 0 radical (unpaired) electrons. The van der Waals surface area contributed by atoms with Crippen LogP contribution < -0.4 is 0 Å². The number of hydrogen-bond donors (Lipinski definition) is 0. The van der Waals surface area contributed by atoms with Gasteiger partial charge in [0.1, 0.15) is 6.10 Å². The first-order valence-electron chi connectivity index (χ1n) is 7.89. The summed E-state index contributed by atoms with van der Waals surface area (Å²) in [6, 6.07) is 4.62. The number of ether oxygens (including phenoxy) is 1. The van der Waals surface area contributed by atoms with Crippen molar-refractivity contribution < 1.29 is 17.9 Å². The van der Waals surface area contributed by atoms with Crippen LogP contribution in [-0.4, -0.2) is 26.6 Å². The van der Waals surface area contributed by atoms with Gasteiger partial charge in [-0.3, -0.25) is 4.79 Å². The number of sulfone groups is 1. The zero-order chi connectivity index (χ0) is 17.2. The van der Waals surface area contributed by atoms with E-state index in [0.29, 0.717) is 5.56 Å². The molecule has 0 bridgehead atoms. The van der Waals surface area contributed by atoms with Crippen LogP contribution >= 0.6 is 11.6 Å². The second-order valence-electron chi connectivity index (χ2n) is 6.44. The standard InChI is InChI=1S/C17H23ClO4S/c1-11(2)16(19)17(22-13-6-4-5-7-13)12-8-9-15(14(18)10-12)23(3,20)21/h8-11,13,17H,4-7H2,1-3H3. The summed E-state index contributed by atoms with van der Waals surface area (Å²) < 4.78 is 29.4. The summed E-state index contributed by atoms with van der Waals surface area (Å²) in [5.74, 6) is -0.185. The lowest BCUT2D eigenvalue weighted by molar-refractivity contribution is -0.138. The number of carbonyl (C=O) groups excluding carboxylic acids is 1. The lowest BCUT2D eigenvalue weighted by Crippen LogP contribution is -2.24. The van der Waals surface area contributed by atoms with Crippen molar-refractivity contribution in [2.24, 2.45) is 5.92 Å². The number of halogens is 1. The monoisotopic (exact) mass is 358 g/mol. The number of ketones is 1. The predicted molar refractivity (Wildman–Crippen MR) is 90.5 cm³/mol. The van der Waals surface area contributed by atoms with Crippen molar-refractivity contribution in [3.63, 3.8) is 0 Å². The Bertz CT molecular complexity index is 676. The summed E-state index contributed by atoms with van der Waals surface area (Å²) in [6.07, 6.45) is 4.63. The van der Waals surface area contributed by atoms with E-state index in [2.05, 4.69) is 0 Å². The first-order chi connectivity index (χ1) is 10.7. The summed E-state index contributed by atoms with van der Waals surface area (Å²) in [6.45, 7) is 3.67. The van der Waals surface area contributed by atoms with Gasteiger partial charge in [0.25, 0.3) is 0 Å². The van der Waals surface area contributed by atoms with Crippen molar-refractivity contribution in [1.82, 2.24) is 0 Å². The Balaban J connectivity index is 2.34. The highest BCUT2D eigenvalue weighted by molar-refractivity contribution is 7.90. The molecular formula is C17H23ClO4S. The number of carbonyl (C=O) groups is 1. The third-order valence-electron chi connectivity index (χ3n) is 4.12. The van der Waals surface area contributed by atoms with Gasteiger partial charge in [-0.25, -0.2) is 8.42 Å². The van der Waals surface area contributed by atoms with E-state index in [1.165, 1.54) is 12.1 Å². The smallest absolute Gasteiger partial charge is 0.176 e. The highest BCUT2D eigenvalue weighted by atomic mass is 35.5. The van der Waals surface area contributed by atoms with Crippen molar-refractivity contribution >= 4 is 27.2 Å². The van der Waals surface area contributed by atoms with Crippen LogP contribution in [0.1, 0.15) is 51.2 Å². The van der Waals surface area contributed by atoms with Crippen LogP contribution in [-0.2, 0) is 19.4 Å². The third-order valence-corrected chi connectivity index (χ3v) is 5.70. The summed E-state index contributed by atoms with van der Waals surface area (Å²) >= 11 is 6.11. The van der Waals surface area contributed by atoms with Crippen LogP contribution in [0.15, 0.2) is 23.1 Å². The number of rotatable bonds is 6. The molecule has 1 atom stereocenters. The first kappa shape index (κ1) is 18.4. The van der Waals surface area contributed by atoms with Crippen molar-refractivity contribution in [2.75, 3.05) is 6.26 Å². The normalized spacial score (nSPS) is 17.6. The van der Waals surface area contributed by atoms with Gasteiger partial charge in [0.15, 0.2) is 15.6 Å². The van der Waals surface area contributed by atoms with Crippen LogP contribution in [0.3, 0.4) is 0 Å². The highest BCUT2D eigenvalue weighted by Gasteiger charge is 2.29. The Morgan fingerprint density at radius 2 is 1.87 bits per heavy atom. The maximum absolute atomic E-state index is 12.5. The van der Waals surface area contributed by atoms with Crippen LogP contribution in [0.5, 0.6) is 0 Å². The summed E-state index contributed by atoms with van der Waals surface area (Å²) in [7, 11) is -3.39. The van der Waals surface area contributed by atoms with E-state index in [1.54, 1.807) is 6.07 Å². The van der Waals surface area contributed by atoms with E-state index in [0.717, 1.165) is 31.9 Å². The zero-order valence-corrected chi connectivity index (χ0v) is 15.3. The minimum Gasteiger partial charge on any atom is -0.362 e. The fourth-order valence-electron chi connectivity index (χ4n) is 2.81. The second-order valence-corrected chi connectivity index (χ2v) is 8.83. The van der Waals surface area contributed by atoms with E-state index in [4.69, 9.17) is 16.3 Å². The Hall–Kier alpha value is -0.910. The minimum absolute atomic E-state index is 0.0138. The van der Waals surface area contributed by atoms with Crippen molar-refractivity contribution in [2.45, 2.75) is 56.6 Å². The lowest BCUT2D eigenvalue weighted by Gasteiger charge is -2.23. The van der Waals surface area contributed by atoms with Gasteiger partial charge in [0.05, 0.1) is 16.0 Å². The van der Waals surface area contributed by atoms with Crippen molar-refractivity contribution in [1.29, 1.82) is 0 Å². The fraction of sp³-hybridized carbons (Fsp3) is 0.588. The first-order valence-corrected chi connectivity index (χ1v) is 10.2.